The predicted octanol–water partition coefficient (Wildman–Crippen LogP) is 4.84. The number of rotatable bonds is 9. The van der Waals surface area contributed by atoms with Crippen LogP contribution in [0, 0.1) is 0 Å². The first kappa shape index (κ1) is 28.6. The van der Waals surface area contributed by atoms with Crippen LogP contribution in [0.5, 0.6) is 5.75 Å². The van der Waals surface area contributed by atoms with Crippen LogP contribution in [0.3, 0.4) is 0 Å². The van der Waals surface area contributed by atoms with Crippen molar-refractivity contribution in [1.82, 2.24) is 29.8 Å². The molecule has 2 fully saturated rings. The van der Waals surface area contributed by atoms with Crippen LogP contribution >= 0.6 is 23.2 Å². The van der Waals surface area contributed by atoms with Crippen LogP contribution in [0.15, 0.2) is 91.8 Å². The Hall–Kier alpha value is -4.16. The molecule has 0 aliphatic carbocycles. The fraction of sp³-hybridized carbons (Fsp3) is 0.290. The summed E-state index contributed by atoms with van der Waals surface area (Å²) in [6.07, 6.45) is 6.60. The van der Waals surface area contributed by atoms with E-state index in [9.17, 15) is 0 Å². The maximum Gasteiger partial charge on any atom is 0.215 e. The van der Waals surface area contributed by atoms with Crippen LogP contribution in [0.1, 0.15) is 5.56 Å². The van der Waals surface area contributed by atoms with Gasteiger partial charge in [0.2, 0.25) is 5.79 Å². The van der Waals surface area contributed by atoms with Crippen molar-refractivity contribution < 1.29 is 14.2 Å². The average molecular weight is 634 g/mol. The van der Waals surface area contributed by atoms with Crippen molar-refractivity contribution >= 4 is 34.6 Å². The fourth-order valence-corrected chi connectivity index (χ4v) is 6.19. The second-order valence-electron chi connectivity index (χ2n) is 10.7. The molecule has 0 radical (unpaired) electrons. The lowest BCUT2D eigenvalue weighted by molar-refractivity contribution is -0.189. The number of aromatic nitrogens is 6. The van der Waals surface area contributed by atoms with E-state index in [1.54, 1.807) is 35.7 Å². The lowest BCUT2D eigenvalue weighted by Crippen LogP contribution is -2.46. The highest BCUT2D eigenvalue weighted by Gasteiger charge is 2.45. The zero-order valence-electron chi connectivity index (χ0n) is 23.7. The summed E-state index contributed by atoms with van der Waals surface area (Å²) < 4.78 is 22.5. The first-order chi connectivity index (χ1) is 21.5. The van der Waals surface area contributed by atoms with Crippen LogP contribution < -0.4 is 14.5 Å². The first-order valence-electron chi connectivity index (χ1n) is 14.3. The Bertz CT molecular complexity index is 1660. The van der Waals surface area contributed by atoms with E-state index in [0.717, 1.165) is 37.6 Å². The van der Waals surface area contributed by atoms with Gasteiger partial charge >= 0.3 is 0 Å². The van der Waals surface area contributed by atoms with Crippen molar-refractivity contribution in [3.05, 3.63) is 107 Å². The molecule has 11 nitrogen and oxygen atoms in total. The minimum atomic E-state index is -1.08. The number of imidazole rings is 1. The van der Waals surface area contributed by atoms with Crippen LogP contribution in [0.25, 0.3) is 5.69 Å². The molecule has 0 bridgehead atoms. The molecule has 3 aromatic carbocycles. The van der Waals surface area contributed by atoms with E-state index in [0.29, 0.717) is 35.4 Å². The van der Waals surface area contributed by atoms with Crippen LogP contribution in [0.2, 0.25) is 10.0 Å². The Morgan fingerprint density at radius 3 is 2.20 bits per heavy atom. The molecular weight excluding hydrogens is 603 g/mol. The molecule has 0 saturated carbocycles. The van der Waals surface area contributed by atoms with Crippen LogP contribution in [0.4, 0.5) is 11.4 Å². The highest BCUT2D eigenvalue weighted by Crippen LogP contribution is 2.40. The van der Waals surface area contributed by atoms with Gasteiger partial charge in [-0.3, -0.25) is 0 Å². The highest BCUT2D eigenvalue weighted by atomic mass is 35.5. The van der Waals surface area contributed by atoms with Gasteiger partial charge in [-0.05, 0) is 71.1 Å². The molecule has 5 aromatic rings. The Morgan fingerprint density at radius 2 is 1.57 bits per heavy atom. The molecule has 2 saturated heterocycles. The molecule has 2 aromatic heterocycles. The monoisotopic (exact) mass is 632 g/mol. The van der Waals surface area contributed by atoms with Gasteiger partial charge in [0, 0.05) is 60.5 Å². The lowest BCUT2D eigenvalue weighted by Gasteiger charge is -2.37. The van der Waals surface area contributed by atoms with Crippen LogP contribution in [-0.4, -0.2) is 75.3 Å². The van der Waals surface area contributed by atoms with Gasteiger partial charge in [-0.25, -0.2) is 9.67 Å². The van der Waals surface area contributed by atoms with E-state index >= 15 is 0 Å². The van der Waals surface area contributed by atoms with E-state index in [2.05, 4.69) is 54.6 Å². The van der Waals surface area contributed by atoms with Crippen molar-refractivity contribution in [2.75, 3.05) is 49.2 Å². The van der Waals surface area contributed by atoms with Crippen molar-refractivity contribution in [2.45, 2.75) is 18.4 Å². The Kier molecular flexibility index (Phi) is 8.09. The third-order valence-corrected chi connectivity index (χ3v) is 8.44. The Labute approximate surface area is 264 Å². The molecule has 0 amide bonds. The number of nitrogens with zero attached hydrogens (tertiary/aromatic N) is 8. The second kappa shape index (κ2) is 12.4. The summed E-state index contributed by atoms with van der Waals surface area (Å²) in [6, 6.07) is 21.8. The lowest BCUT2D eigenvalue weighted by atomic mass is 10.1. The van der Waals surface area contributed by atoms with Gasteiger partial charge in [-0.15, -0.1) is 5.10 Å². The van der Waals surface area contributed by atoms with Gasteiger partial charge in [-0.1, -0.05) is 29.3 Å². The summed E-state index contributed by atoms with van der Waals surface area (Å²) in [5.74, 6) is -0.311. The molecule has 44 heavy (non-hydrogen) atoms. The summed E-state index contributed by atoms with van der Waals surface area (Å²) >= 11 is 12.7. The van der Waals surface area contributed by atoms with Crippen molar-refractivity contribution in [1.29, 1.82) is 0 Å². The van der Waals surface area contributed by atoms with Crippen molar-refractivity contribution in [3.63, 3.8) is 0 Å². The third-order valence-electron chi connectivity index (χ3n) is 7.90. The van der Waals surface area contributed by atoms with E-state index in [-0.39, 0.29) is 6.10 Å². The summed E-state index contributed by atoms with van der Waals surface area (Å²) in [5.41, 5.74) is 4.01. The predicted molar refractivity (Wildman–Crippen MR) is 167 cm³/mol. The van der Waals surface area contributed by atoms with Crippen molar-refractivity contribution in [2.24, 2.45) is 0 Å². The maximum atomic E-state index is 6.59. The topological polar surface area (TPSA) is 95.6 Å². The third kappa shape index (κ3) is 6.09. The smallest absolute Gasteiger partial charge is 0.215 e. The molecule has 2 aliphatic rings. The molecule has 0 N–H and O–H groups in total. The SMILES string of the molecule is Clc1ccc(C2(Cn3ccnc3)OCC(COc3ccc(N4CCN(c5ccc(-n6cnnn6)cc5)CC4)cc3)O2)c(Cl)c1. The number of hydrogen-bond donors (Lipinski definition) is 0. The quantitative estimate of drug-likeness (QED) is 0.226. The highest BCUT2D eigenvalue weighted by molar-refractivity contribution is 6.35. The number of anilines is 2. The van der Waals surface area contributed by atoms with E-state index in [1.807, 2.05) is 41.1 Å². The standard InChI is InChI=1S/C31H30Cl2N8O3/c32-23-1-10-29(30(33)17-23)31(20-38-12-11-34-21-38)43-19-28(44-31)18-42-27-8-6-25(7-9-27)40-15-13-39(14-16-40)24-2-4-26(5-3-24)41-22-35-36-37-41/h1-12,17,21-22,28H,13-16,18-20H2. The number of ether oxygens (including phenoxy) is 3. The minimum Gasteiger partial charge on any atom is -0.491 e. The molecule has 2 unspecified atom stereocenters. The van der Waals surface area contributed by atoms with Gasteiger partial charge in [0.15, 0.2) is 0 Å². The molecule has 13 heteroatoms. The number of tetrazole rings is 1. The second-order valence-corrected chi connectivity index (χ2v) is 11.6. The zero-order valence-corrected chi connectivity index (χ0v) is 25.3. The summed E-state index contributed by atoms with van der Waals surface area (Å²) in [5, 5.41) is 12.4. The van der Waals surface area contributed by atoms with E-state index < -0.39 is 5.79 Å². The molecule has 0 spiro atoms. The number of halogens is 2. The maximum absolute atomic E-state index is 6.59. The Morgan fingerprint density at radius 1 is 0.864 bits per heavy atom. The van der Waals surface area contributed by atoms with Gasteiger partial charge in [-0.2, -0.15) is 0 Å². The summed E-state index contributed by atoms with van der Waals surface area (Å²) in [4.78, 5) is 8.94. The zero-order chi connectivity index (χ0) is 29.9. The largest absolute Gasteiger partial charge is 0.491 e. The number of benzene rings is 3. The van der Waals surface area contributed by atoms with Crippen LogP contribution in [-0.2, 0) is 21.8 Å². The molecule has 4 heterocycles. The van der Waals surface area contributed by atoms with Gasteiger partial charge in [0.05, 0.1) is 30.2 Å². The van der Waals surface area contributed by atoms with E-state index in [4.69, 9.17) is 37.4 Å². The first-order valence-corrected chi connectivity index (χ1v) is 15.1. The fourth-order valence-electron chi connectivity index (χ4n) is 5.64. The minimum absolute atomic E-state index is 0.292. The molecular formula is C31H30Cl2N8O3. The molecule has 2 atom stereocenters. The van der Waals surface area contributed by atoms with Gasteiger partial charge in [0.1, 0.15) is 24.8 Å². The summed E-state index contributed by atoms with van der Waals surface area (Å²) in [6.45, 7) is 4.79. The molecule has 226 valence electrons. The molecule has 2 aliphatic heterocycles. The normalized spacial score (nSPS) is 20.3. The van der Waals surface area contributed by atoms with E-state index in [1.165, 1.54) is 11.4 Å². The summed E-state index contributed by atoms with van der Waals surface area (Å²) in [7, 11) is 0. The van der Waals surface area contributed by atoms with Gasteiger partial charge < -0.3 is 28.6 Å². The Balaban J connectivity index is 0.936. The average Bonchev–Trinajstić information content (AvgIpc) is 3.85. The number of piperazine rings is 1. The molecule has 7 rings (SSSR count). The number of hydrogen-bond acceptors (Lipinski definition) is 9. The van der Waals surface area contributed by atoms with Gasteiger partial charge in [0.25, 0.3) is 0 Å². The van der Waals surface area contributed by atoms with Crippen molar-refractivity contribution in [3.8, 4) is 11.4 Å².